The SMILES string of the molecule is O=S(=O)(c1ccccc1)[C@@H]1CON2CCc3c([nH]c4ccccc34)[C@@H]12. The van der Waals surface area contributed by atoms with Crippen LogP contribution in [-0.2, 0) is 21.1 Å². The van der Waals surface area contributed by atoms with Crippen LogP contribution >= 0.6 is 0 Å². The van der Waals surface area contributed by atoms with Crippen LogP contribution in [0.15, 0.2) is 59.5 Å². The van der Waals surface area contributed by atoms with Gasteiger partial charge in [-0.3, -0.25) is 4.84 Å². The molecule has 0 bridgehead atoms. The summed E-state index contributed by atoms with van der Waals surface area (Å²) in [6.07, 6.45) is 0.855. The van der Waals surface area contributed by atoms with Gasteiger partial charge in [-0.2, -0.15) is 5.06 Å². The van der Waals surface area contributed by atoms with Crippen molar-refractivity contribution in [3.05, 3.63) is 65.9 Å². The topological polar surface area (TPSA) is 62.4 Å². The fourth-order valence-electron chi connectivity index (χ4n) is 4.07. The number of nitrogens with zero attached hydrogens (tertiary/aromatic N) is 1. The second kappa shape index (κ2) is 5.42. The van der Waals surface area contributed by atoms with Crippen molar-refractivity contribution in [3.8, 4) is 0 Å². The lowest BCUT2D eigenvalue weighted by molar-refractivity contribution is -0.136. The molecular weight excluding hydrogens is 336 g/mol. The zero-order valence-corrected chi connectivity index (χ0v) is 14.4. The van der Waals surface area contributed by atoms with Gasteiger partial charge < -0.3 is 4.98 Å². The van der Waals surface area contributed by atoms with Crippen LogP contribution in [0.1, 0.15) is 17.3 Å². The highest BCUT2D eigenvalue weighted by atomic mass is 32.2. The average molecular weight is 354 g/mol. The molecule has 3 aromatic rings. The predicted molar refractivity (Wildman–Crippen MR) is 94.8 cm³/mol. The van der Waals surface area contributed by atoms with Crippen molar-refractivity contribution < 1.29 is 13.3 Å². The standard InChI is InChI=1S/C19H18N2O3S/c22-25(23,13-6-2-1-3-7-13)17-12-24-21-11-10-15-14-8-4-5-9-16(14)20-18(15)19(17)21/h1-9,17,19-20H,10-12H2/t17-,19-/m1/s1. The van der Waals surface area contributed by atoms with Crippen LogP contribution in [-0.4, -0.2) is 36.9 Å². The Bertz CT molecular complexity index is 1040. The minimum absolute atomic E-state index is 0.191. The molecule has 0 radical (unpaired) electrons. The largest absolute Gasteiger partial charge is 0.357 e. The first-order valence-electron chi connectivity index (χ1n) is 8.44. The summed E-state index contributed by atoms with van der Waals surface area (Å²) in [5.41, 5.74) is 3.25. The minimum Gasteiger partial charge on any atom is -0.357 e. The third-order valence-corrected chi connectivity index (χ3v) is 7.38. The maximum atomic E-state index is 13.2. The van der Waals surface area contributed by atoms with Crippen molar-refractivity contribution in [1.29, 1.82) is 0 Å². The van der Waals surface area contributed by atoms with Gasteiger partial charge in [-0.25, -0.2) is 8.42 Å². The summed E-state index contributed by atoms with van der Waals surface area (Å²) < 4.78 is 26.4. The fraction of sp³-hybridized carbons (Fsp3) is 0.263. The molecule has 6 heteroatoms. The van der Waals surface area contributed by atoms with Crippen molar-refractivity contribution >= 4 is 20.7 Å². The molecule has 0 saturated carbocycles. The van der Waals surface area contributed by atoms with Gasteiger partial charge in [-0.1, -0.05) is 36.4 Å². The molecule has 0 amide bonds. The molecule has 0 aliphatic carbocycles. The summed E-state index contributed by atoms with van der Waals surface area (Å²) in [6, 6.07) is 16.5. The monoisotopic (exact) mass is 354 g/mol. The predicted octanol–water partition coefficient (Wildman–Crippen LogP) is 2.85. The number of hydrogen-bond acceptors (Lipinski definition) is 4. The Morgan fingerprint density at radius 1 is 1.04 bits per heavy atom. The van der Waals surface area contributed by atoms with Gasteiger partial charge in [-0.05, 0) is 30.2 Å². The Kier molecular flexibility index (Phi) is 3.28. The molecule has 128 valence electrons. The van der Waals surface area contributed by atoms with Crippen molar-refractivity contribution in [2.75, 3.05) is 13.2 Å². The Labute approximate surface area is 146 Å². The van der Waals surface area contributed by atoms with Gasteiger partial charge in [0.1, 0.15) is 5.25 Å². The number of hydroxylamine groups is 2. The van der Waals surface area contributed by atoms with E-state index in [4.69, 9.17) is 4.84 Å². The smallest absolute Gasteiger partial charge is 0.185 e. The quantitative estimate of drug-likeness (QED) is 0.769. The molecular formula is C19H18N2O3S. The molecule has 1 aromatic heterocycles. The number of aromatic nitrogens is 1. The molecule has 2 aromatic carbocycles. The molecule has 2 aliphatic rings. The normalized spacial score (nSPS) is 23.5. The van der Waals surface area contributed by atoms with Gasteiger partial charge in [0.25, 0.3) is 0 Å². The number of hydrogen-bond donors (Lipinski definition) is 1. The van der Waals surface area contributed by atoms with Gasteiger partial charge in [0.15, 0.2) is 9.84 Å². The maximum Gasteiger partial charge on any atom is 0.185 e. The minimum atomic E-state index is -3.48. The van der Waals surface area contributed by atoms with E-state index in [2.05, 4.69) is 11.1 Å². The maximum absolute atomic E-state index is 13.2. The second-order valence-corrected chi connectivity index (χ2v) is 8.76. The van der Waals surface area contributed by atoms with Crippen molar-refractivity contribution in [3.63, 3.8) is 0 Å². The van der Waals surface area contributed by atoms with Gasteiger partial charge in [-0.15, -0.1) is 0 Å². The average Bonchev–Trinajstić information content (AvgIpc) is 3.24. The van der Waals surface area contributed by atoms with E-state index in [1.54, 1.807) is 24.3 Å². The van der Waals surface area contributed by atoms with Crippen molar-refractivity contribution in [2.45, 2.75) is 22.6 Å². The molecule has 0 spiro atoms. The number of fused-ring (bicyclic) bond motifs is 5. The van der Waals surface area contributed by atoms with Gasteiger partial charge >= 0.3 is 0 Å². The zero-order valence-electron chi connectivity index (χ0n) is 13.6. The fourth-order valence-corrected chi connectivity index (χ4v) is 5.81. The third kappa shape index (κ3) is 2.18. The lowest BCUT2D eigenvalue weighted by Crippen LogP contribution is -2.36. The van der Waals surface area contributed by atoms with Crippen LogP contribution in [0.3, 0.4) is 0 Å². The van der Waals surface area contributed by atoms with E-state index < -0.39 is 15.1 Å². The van der Waals surface area contributed by atoms with Crippen LogP contribution in [0.4, 0.5) is 0 Å². The number of sulfone groups is 1. The number of aromatic amines is 1. The lowest BCUT2D eigenvalue weighted by atomic mass is 9.98. The van der Waals surface area contributed by atoms with Crippen LogP contribution in [0.5, 0.6) is 0 Å². The first kappa shape index (κ1) is 15.1. The molecule has 3 heterocycles. The highest BCUT2D eigenvalue weighted by molar-refractivity contribution is 7.92. The Hall–Kier alpha value is -2.15. The molecule has 0 unspecified atom stereocenters. The van der Waals surface area contributed by atoms with E-state index in [9.17, 15) is 8.42 Å². The number of rotatable bonds is 2. The van der Waals surface area contributed by atoms with Gasteiger partial charge in [0, 0.05) is 23.1 Å². The summed E-state index contributed by atoms with van der Waals surface area (Å²) in [6.45, 7) is 0.900. The number of para-hydroxylation sites is 1. The molecule has 1 fully saturated rings. The molecule has 5 rings (SSSR count). The zero-order chi connectivity index (χ0) is 17.0. The van der Waals surface area contributed by atoms with Crippen LogP contribution in [0, 0.1) is 0 Å². The summed E-state index contributed by atoms with van der Waals surface area (Å²) in [7, 11) is -3.48. The summed E-state index contributed by atoms with van der Waals surface area (Å²) in [4.78, 5) is 9.57. The van der Waals surface area contributed by atoms with E-state index in [1.807, 2.05) is 29.3 Å². The van der Waals surface area contributed by atoms with Crippen LogP contribution < -0.4 is 0 Å². The first-order chi connectivity index (χ1) is 12.2. The van der Waals surface area contributed by atoms with E-state index in [0.717, 1.165) is 17.6 Å². The Morgan fingerprint density at radius 3 is 2.64 bits per heavy atom. The molecule has 5 nitrogen and oxygen atoms in total. The third-order valence-electron chi connectivity index (χ3n) is 5.26. The molecule has 1 N–H and O–H groups in total. The number of nitrogens with one attached hydrogen (secondary N) is 1. The Balaban J connectivity index is 1.65. The van der Waals surface area contributed by atoms with E-state index >= 15 is 0 Å². The van der Waals surface area contributed by atoms with E-state index in [0.29, 0.717) is 11.4 Å². The summed E-state index contributed by atoms with van der Waals surface area (Å²) in [5, 5.41) is 2.41. The molecule has 25 heavy (non-hydrogen) atoms. The van der Waals surface area contributed by atoms with Crippen LogP contribution in [0.2, 0.25) is 0 Å². The first-order valence-corrected chi connectivity index (χ1v) is 9.99. The van der Waals surface area contributed by atoms with E-state index in [1.165, 1.54) is 10.9 Å². The van der Waals surface area contributed by atoms with Gasteiger partial charge in [0.2, 0.25) is 0 Å². The van der Waals surface area contributed by atoms with Crippen molar-refractivity contribution in [2.24, 2.45) is 0 Å². The van der Waals surface area contributed by atoms with Gasteiger partial charge in [0.05, 0.1) is 17.5 Å². The number of H-pyrrole nitrogens is 1. The highest BCUT2D eigenvalue weighted by Gasteiger charge is 2.48. The molecule has 2 aliphatic heterocycles. The summed E-state index contributed by atoms with van der Waals surface area (Å²) >= 11 is 0. The lowest BCUT2D eigenvalue weighted by Gasteiger charge is -2.30. The molecule has 1 saturated heterocycles. The van der Waals surface area contributed by atoms with E-state index in [-0.39, 0.29) is 12.6 Å². The summed E-state index contributed by atoms with van der Waals surface area (Å²) in [5.74, 6) is 0. The highest BCUT2D eigenvalue weighted by Crippen LogP contribution is 2.43. The second-order valence-electron chi connectivity index (χ2n) is 6.59. The van der Waals surface area contributed by atoms with Crippen LogP contribution in [0.25, 0.3) is 10.9 Å². The molecule has 2 atom stereocenters. The van der Waals surface area contributed by atoms with Crippen molar-refractivity contribution in [1.82, 2.24) is 10.0 Å². The number of benzene rings is 2. The Morgan fingerprint density at radius 2 is 1.80 bits per heavy atom.